The fourth-order valence-electron chi connectivity index (χ4n) is 6.85. The Morgan fingerprint density at radius 1 is 0.909 bits per heavy atom. The van der Waals surface area contributed by atoms with E-state index in [-0.39, 0.29) is 31.0 Å². The molecule has 0 aliphatic heterocycles. The number of carbonyl (C=O) groups is 1. The summed E-state index contributed by atoms with van der Waals surface area (Å²) in [5, 5.41) is 29.8. The summed E-state index contributed by atoms with van der Waals surface area (Å²) in [7, 11) is -3.85. The van der Waals surface area contributed by atoms with E-state index in [9.17, 15) is 29.1 Å². The number of aliphatic hydroxyl groups excluding tert-OH is 3. The number of aliphatic hydroxyl groups is 3. The first-order valence-electron chi connectivity index (χ1n) is 17.3. The number of anilines is 2. The number of alkyl halides is 2. The highest BCUT2D eigenvalue weighted by Crippen LogP contribution is 2.52. The van der Waals surface area contributed by atoms with Crippen molar-refractivity contribution in [1.82, 2.24) is 34.1 Å². The van der Waals surface area contributed by atoms with Crippen LogP contribution in [0.3, 0.4) is 0 Å². The summed E-state index contributed by atoms with van der Waals surface area (Å²) in [5.41, 5.74) is 14.3. The standard InChI is InChI=1S/C24H28FN4O5P.C12H14FN5O2/c1-14(16(3)30)12-35(32,34-17-7-5-4-6-8-17)33-11-18-15(2)22(20(25)23(18)31)29-13-28-21-19(26)9-10-27-24(21)29;1-5-6(2-19)10(20)7(13)9(5)18-4-17-8-11(14)15-3-16-12(8)18/h4-10,13-14,18,20,22-23,31H,2,11-12H2,1,3H3,(H2,26,27);3-4,6-7,9-10,19-20H,1-2H2,(H2,14,15,16)/t14-,18?,20?,22?,23?,35?;/m0./s1. The van der Waals surface area contributed by atoms with Crippen LogP contribution >= 0.6 is 7.60 Å². The maximum absolute atomic E-state index is 15.3. The minimum Gasteiger partial charge on any atom is -0.424 e. The van der Waals surface area contributed by atoms with Gasteiger partial charge < -0.3 is 40.4 Å². The number of nitrogens with zero attached hydrogens (tertiary/aromatic N) is 7. The van der Waals surface area contributed by atoms with E-state index in [0.29, 0.717) is 44.9 Å². The molecule has 5 aromatic rings. The number of para-hydroxylation sites is 1. The molecule has 4 heterocycles. The molecular weight excluding hydrogens is 739 g/mol. The Kier molecular flexibility index (Phi) is 11.5. The number of carbonyl (C=O) groups excluding carboxylic acids is 1. The van der Waals surface area contributed by atoms with Crippen LogP contribution in [0.1, 0.15) is 25.9 Å². The van der Waals surface area contributed by atoms with Gasteiger partial charge in [0.2, 0.25) is 0 Å². The minimum absolute atomic E-state index is 0.162. The number of pyridine rings is 1. The van der Waals surface area contributed by atoms with Gasteiger partial charge in [0.15, 0.2) is 29.5 Å². The number of hydrogen-bond donors (Lipinski definition) is 5. The maximum atomic E-state index is 15.3. The van der Waals surface area contributed by atoms with Gasteiger partial charge in [-0.05, 0) is 36.3 Å². The molecule has 0 amide bonds. The fraction of sp³-hybridized carbons (Fsp3) is 0.389. The molecule has 0 radical (unpaired) electrons. The van der Waals surface area contributed by atoms with E-state index in [1.54, 1.807) is 43.3 Å². The number of ketones is 1. The molecule has 7 rings (SSSR count). The van der Waals surface area contributed by atoms with Gasteiger partial charge in [-0.3, -0.25) is 9.32 Å². The van der Waals surface area contributed by atoms with E-state index in [4.69, 9.17) is 20.5 Å². The molecule has 19 heteroatoms. The molecule has 0 spiro atoms. The lowest BCUT2D eigenvalue weighted by Gasteiger charge is -2.24. The van der Waals surface area contributed by atoms with Crippen molar-refractivity contribution < 1.29 is 42.5 Å². The zero-order valence-electron chi connectivity index (χ0n) is 30.0. The number of fused-ring (bicyclic) bond motifs is 2. The lowest BCUT2D eigenvalue weighted by molar-refractivity contribution is -0.119. The van der Waals surface area contributed by atoms with E-state index >= 15 is 4.39 Å². The second-order valence-corrected chi connectivity index (χ2v) is 15.6. The normalized spacial score (nSPS) is 26.8. The monoisotopic (exact) mass is 781 g/mol. The molecule has 2 aliphatic carbocycles. The van der Waals surface area contributed by atoms with Crippen molar-refractivity contribution >= 4 is 47.2 Å². The number of benzene rings is 1. The number of hydrogen-bond acceptors (Lipinski definition) is 14. The summed E-state index contributed by atoms with van der Waals surface area (Å²) in [5.74, 6) is -1.82. The highest BCUT2D eigenvalue weighted by atomic mass is 31.2. The third-order valence-electron chi connectivity index (χ3n) is 10.1. The Hall–Kier alpha value is -5.13. The number of aromatic nitrogens is 7. The summed E-state index contributed by atoms with van der Waals surface area (Å²) < 4.78 is 57.7. The van der Waals surface area contributed by atoms with E-state index in [1.165, 1.54) is 41.2 Å². The average molecular weight is 782 g/mol. The fourth-order valence-corrected chi connectivity index (χ4v) is 8.84. The third kappa shape index (κ3) is 7.60. The average Bonchev–Trinajstić information content (AvgIpc) is 3.88. The number of rotatable bonds is 11. The molecule has 4 aromatic heterocycles. The molecule has 55 heavy (non-hydrogen) atoms. The van der Waals surface area contributed by atoms with Crippen molar-refractivity contribution in [1.29, 1.82) is 0 Å². The lowest BCUT2D eigenvalue weighted by Crippen LogP contribution is -2.28. The molecule has 9 unspecified atom stereocenters. The Balaban J connectivity index is 0.000000217. The van der Waals surface area contributed by atoms with Crippen LogP contribution in [0.25, 0.3) is 22.3 Å². The van der Waals surface area contributed by atoms with Gasteiger partial charge >= 0.3 is 7.60 Å². The summed E-state index contributed by atoms with van der Waals surface area (Å²) >= 11 is 0. The van der Waals surface area contributed by atoms with Gasteiger partial charge in [-0.1, -0.05) is 38.3 Å². The van der Waals surface area contributed by atoms with Crippen molar-refractivity contribution in [2.75, 3.05) is 30.8 Å². The summed E-state index contributed by atoms with van der Waals surface area (Å²) in [4.78, 5) is 32.2. The Bertz CT molecular complexity index is 2260. The van der Waals surface area contributed by atoms with Gasteiger partial charge in [0.05, 0.1) is 62.0 Å². The van der Waals surface area contributed by atoms with Crippen molar-refractivity contribution in [2.45, 2.75) is 50.5 Å². The van der Waals surface area contributed by atoms with Crippen molar-refractivity contribution in [2.24, 2.45) is 17.8 Å². The topological polar surface area (TPSA) is 240 Å². The quantitative estimate of drug-likeness (QED) is 0.0947. The van der Waals surface area contributed by atoms with Gasteiger partial charge in [0.25, 0.3) is 0 Å². The van der Waals surface area contributed by atoms with Crippen LogP contribution in [-0.4, -0.2) is 99.1 Å². The van der Waals surface area contributed by atoms with E-state index in [1.807, 2.05) is 0 Å². The van der Waals surface area contributed by atoms with Gasteiger partial charge in [-0.2, -0.15) is 0 Å². The highest BCUT2D eigenvalue weighted by molar-refractivity contribution is 7.54. The molecule has 0 saturated heterocycles. The molecule has 2 fully saturated rings. The smallest absolute Gasteiger partial charge is 0.379 e. The largest absolute Gasteiger partial charge is 0.424 e. The second-order valence-electron chi connectivity index (χ2n) is 13.6. The summed E-state index contributed by atoms with van der Waals surface area (Å²) in [6.45, 7) is 10.2. The minimum atomic E-state index is -3.85. The number of nitrogens with two attached hydrogens (primary N) is 2. The lowest BCUT2D eigenvalue weighted by atomic mass is 10.0. The Morgan fingerprint density at radius 3 is 2.09 bits per heavy atom. The van der Waals surface area contributed by atoms with Gasteiger partial charge in [-0.15, -0.1) is 0 Å². The summed E-state index contributed by atoms with van der Waals surface area (Å²) in [6.07, 6.45) is -0.697. The van der Waals surface area contributed by atoms with Crippen LogP contribution in [0.2, 0.25) is 0 Å². The van der Waals surface area contributed by atoms with Crippen LogP contribution < -0.4 is 16.0 Å². The van der Waals surface area contributed by atoms with E-state index in [0.717, 1.165) is 0 Å². The van der Waals surface area contributed by atoms with Crippen LogP contribution in [0.4, 0.5) is 20.3 Å². The zero-order valence-corrected chi connectivity index (χ0v) is 30.9. The van der Waals surface area contributed by atoms with Crippen LogP contribution in [0.15, 0.2) is 85.9 Å². The van der Waals surface area contributed by atoms with Gasteiger partial charge in [-0.25, -0.2) is 38.3 Å². The molecule has 2 aliphatic rings. The van der Waals surface area contributed by atoms with Crippen molar-refractivity contribution in [3.05, 3.63) is 85.9 Å². The molecule has 10 atom stereocenters. The predicted molar refractivity (Wildman–Crippen MR) is 199 cm³/mol. The van der Waals surface area contributed by atoms with Crippen LogP contribution in [-0.2, 0) is 13.9 Å². The van der Waals surface area contributed by atoms with Crippen molar-refractivity contribution in [3.63, 3.8) is 0 Å². The molecular formula is C36H42F2N9O7P. The van der Waals surface area contributed by atoms with Gasteiger partial charge in [0, 0.05) is 24.0 Å². The first kappa shape index (κ1) is 39.6. The second kappa shape index (κ2) is 15.9. The number of halogens is 2. The first-order valence-corrected chi connectivity index (χ1v) is 19.0. The highest BCUT2D eigenvalue weighted by Gasteiger charge is 2.49. The Labute approximate surface area is 314 Å². The predicted octanol–water partition coefficient (Wildman–Crippen LogP) is 3.78. The SMILES string of the molecule is C=C1C(CO)C(O)C(F)C1n1cnc2c(N)ncnc21.C=C1C(COP(=O)(C[C@H](C)C(C)=O)Oc2ccccc2)C(O)C(F)C1n1cnc2c(N)ccnc21. The molecule has 2 saturated carbocycles. The van der Waals surface area contributed by atoms with Gasteiger partial charge in [0.1, 0.15) is 28.9 Å². The Morgan fingerprint density at radius 2 is 1.49 bits per heavy atom. The summed E-state index contributed by atoms with van der Waals surface area (Å²) in [6, 6.07) is 8.23. The zero-order chi connectivity index (χ0) is 39.8. The molecule has 1 aromatic carbocycles. The van der Waals surface area contributed by atoms with Crippen LogP contribution in [0, 0.1) is 17.8 Å². The van der Waals surface area contributed by atoms with E-state index in [2.05, 4.69) is 38.1 Å². The molecule has 292 valence electrons. The third-order valence-corrected chi connectivity index (χ3v) is 12.1. The maximum Gasteiger partial charge on any atom is 0.379 e. The van der Waals surface area contributed by atoms with Crippen LogP contribution in [0.5, 0.6) is 5.75 Å². The number of Topliss-reactive ketones (excluding diaryl/α,β-unsaturated/α-hetero) is 1. The molecule has 16 nitrogen and oxygen atoms in total. The van der Waals surface area contributed by atoms with E-state index < -0.39 is 62.0 Å². The first-order chi connectivity index (χ1) is 26.2. The molecule has 0 bridgehead atoms. The molecule has 7 N–H and O–H groups in total. The number of nitrogen functional groups attached to an aromatic ring is 2. The number of imidazole rings is 2. The van der Waals surface area contributed by atoms with Crippen molar-refractivity contribution in [3.8, 4) is 5.75 Å².